The van der Waals surface area contributed by atoms with Crippen molar-refractivity contribution < 1.29 is 4.74 Å². The first-order valence-corrected chi connectivity index (χ1v) is 6.70. The van der Waals surface area contributed by atoms with E-state index in [1.54, 1.807) is 0 Å². The molecule has 0 atom stereocenters. The van der Waals surface area contributed by atoms with Crippen LogP contribution in [0.1, 0.15) is 17.7 Å². The zero-order valence-electron chi connectivity index (χ0n) is 10.3. The molecule has 2 aromatic rings. The van der Waals surface area contributed by atoms with Crippen LogP contribution in [-0.4, -0.2) is 16.6 Å². The smallest absolute Gasteiger partial charge is 0.213 e. The molecule has 2 rings (SSSR count). The summed E-state index contributed by atoms with van der Waals surface area (Å²) >= 11 is 3.42. The maximum atomic E-state index is 5.62. The summed E-state index contributed by atoms with van der Waals surface area (Å²) in [5, 5.41) is 0. The Morgan fingerprint density at radius 2 is 1.94 bits per heavy atom. The van der Waals surface area contributed by atoms with Crippen molar-refractivity contribution >= 4 is 15.9 Å². The summed E-state index contributed by atoms with van der Waals surface area (Å²) in [6, 6.07) is 7.90. The Kier molecular flexibility index (Phi) is 4.70. The van der Waals surface area contributed by atoms with E-state index in [0.717, 1.165) is 23.0 Å². The van der Waals surface area contributed by atoms with Gasteiger partial charge >= 0.3 is 0 Å². The second-order valence-electron chi connectivity index (χ2n) is 4.02. The van der Waals surface area contributed by atoms with Crippen molar-refractivity contribution in [1.82, 2.24) is 9.97 Å². The summed E-state index contributed by atoms with van der Waals surface area (Å²) in [5.41, 5.74) is 2.23. The van der Waals surface area contributed by atoms with Gasteiger partial charge in [0.1, 0.15) is 0 Å². The minimum absolute atomic E-state index is 0.677. The van der Waals surface area contributed by atoms with Crippen molar-refractivity contribution in [3.63, 3.8) is 0 Å². The second kappa shape index (κ2) is 6.50. The molecule has 0 aromatic carbocycles. The van der Waals surface area contributed by atoms with Gasteiger partial charge in [-0.25, -0.2) is 4.98 Å². The lowest BCUT2D eigenvalue weighted by Crippen LogP contribution is -2.01. The van der Waals surface area contributed by atoms with Crippen LogP contribution in [-0.2, 0) is 6.42 Å². The van der Waals surface area contributed by atoms with Gasteiger partial charge in [-0.05, 0) is 59.5 Å². The van der Waals surface area contributed by atoms with Gasteiger partial charge < -0.3 is 4.74 Å². The Labute approximate surface area is 115 Å². The third-order valence-electron chi connectivity index (χ3n) is 2.60. The van der Waals surface area contributed by atoms with E-state index in [2.05, 4.69) is 25.9 Å². The highest BCUT2D eigenvalue weighted by atomic mass is 79.9. The van der Waals surface area contributed by atoms with Crippen LogP contribution in [0.25, 0.3) is 0 Å². The number of ether oxygens (including phenoxy) is 1. The van der Waals surface area contributed by atoms with Crippen LogP contribution in [0.15, 0.2) is 41.1 Å². The van der Waals surface area contributed by atoms with E-state index in [9.17, 15) is 0 Å². The number of rotatable bonds is 5. The molecule has 2 aromatic heterocycles. The zero-order valence-corrected chi connectivity index (χ0v) is 11.9. The lowest BCUT2D eigenvalue weighted by Gasteiger charge is -2.06. The van der Waals surface area contributed by atoms with Crippen molar-refractivity contribution in [1.29, 1.82) is 0 Å². The lowest BCUT2D eigenvalue weighted by atomic mass is 10.1. The second-order valence-corrected chi connectivity index (χ2v) is 4.88. The summed E-state index contributed by atoms with van der Waals surface area (Å²) in [6.45, 7) is 2.63. The van der Waals surface area contributed by atoms with Crippen LogP contribution in [0.4, 0.5) is 0 Å². The molecule has 2 heterocycles. The van der Waals surface area contributed by atoms with Crippen molar-refractivity contribution in [3.05, 3.63) is 52.4 Å². The van der Waals surface area contributed by atoms with Crippen LogP contribution < -0.4 is 4.74 Å². The zero-order chi connectivity index (χ0) is 12.8. The number of hydrogen-bond donors (Lipinski definition) is 0. The van der Waals surface area contributed by atoms with Crippen molar-refractivity contribution in [2.75, 3.05) is 6.61 Å². The average molecular weight is 307 g/mol. The van der Waals surface area contributed by atoms with Gasteiger partial charge in [-0.3, -0.25) is 4.98 Å². The first-order chi connectivity index (χ1) is 8.75. The molecule has 0 amide bonds. The highest BCUT2D eigenvalue weighted by molar-refractivity contribution is 9.10. The average Bonchev–Trinajstić information content (AvgIpc) is 2.40. The van der Waals surface area contributed by atoms with Gasteiger partial charge in [0.05, 0.1) is 12.3 Å². The molecule has 0 spiro atoms. The monoisotopic (exact) mass is 306 g/mol. The molecule has 18 heavy (non-hydrogen) atoms. The van der Waals surface area contributed by atoms with Crippen LogP contribution >= 0.6 is 15.9 Å². The Balaban J connectivity index is 1.77. The van der Waals surface area contributed by atoms with Gasteiger partial charge in [0.25, 0.3) is 0 Å². The topological polar surface area (TPSA) is 35.0 Å². The van der Waals surface area contributed by atoms with Crippen molar-refractivity contribution in [2.45, 2.75) is 19.8 Å². The van der Waals surface area contributed by atoms with E-state index in [-0.39, 0.29) is 0 Å². The molecule has 0 saturated carbocycles. The Bertz CT molecular complexity index is 502. The molecule has 0 aliphatic carbocycles. The quantitative estimate of drug-likeness (QED) is 0.792. The summed E-state index contributed by atoms with van der Waals surface area (Å²) in [6.07, 6.45) is 5.60. The predicted octanol–water partition coefficient (Wildman–Crippen LogP) is 3.56. The lowest BCUT2D eigenvalue weighted by molar-refractivity contribution is 0.298. The number of nitrogens with zero attached hydrogens (tertiary/aromatic N) is 2. The Morgan fingerprint density at radius 1 is 1.17 bits per heavy atom. The fourth-order valence-electron chi connectivity index (χ4n) is 1.60. The molecule has 0 bridgehead atoms. The molecule has 0 unspecified atom stereocenters. The highest BCUT2D eigenvalue weighted by Crippen LogP contribution is 2.17. The summed E-state index contributed by atoms with van der Waals surface area (Å²) < 4.78 is 6.62. The van der Waals surface area contributed by atoms with Gasteiger partial charge in [-0.15, -0.1) is 0 Å². The molecule has 0 saturated heterocycles. The van der Waals surface area contributed by atoms with Crippen LogP contribution in [0.5, 0.6) is 5.88 Å². The van der Waals surface area contributed by atoms with Crippen LogP contribution in [0.3, 0.4) is 0 Å². The molecule has 0 radical (unpaired) electrons. The van der Waals surface area contributed by atoms with E-state index in [1.165, 1.54) is 5.56 Å². The summed E-state index contributed by atoms with van der Waals surface area (Å²) in [4.78, 5) is 8.33. The van der Waals surface area contributed by atoms with Crippen LogP contribution in [0, 0.1) is 6.92 Å². The van der Waals surface area contributed by atoms with E-state index in [1.807, 2.05) is 43.6 Å². The van der Waals surface area contributed by atoms with Gasteiger partial charge in [0.2, 0.25) is 5.88 Å². The summed E-state index contributed by atoms with van der Waals surface area (Å²) in [7, 11) is 0. The largest absolute Gasteiger partial charge is 0.478 e. The third kappa shape index (κ3) is 3.81. The Hall–Kier alpha value is -1.42. The molecule has 3 nitrogen and oxygen atoms in total. The SMILES string of the molecule is Cc1nc(OCCCc2ccncc2)ccc1Br. The minimum Gasteiger partial charge on any atom is -0.478 e. The molecule has 0 aliphatic rings. The first-order valence-electron chi connectivity index (χ1n) is 5.90. The fourth-order valence-corrected chi connectivity index (χ4v) is 1.82. The predicted molar refractivity (Wildman–Crippen MR) is 74.7 cm³/mol. The highest BCUT2D eigenvalue weighted by Gasteiger charge is 2.00. The number of aromatic nitrogens is 2. The Morgan fingerprint density at radius 3 is 2.67 bits per heavy atom. The van der Waals surface area contributed by atoms with E-state index in [4.69, 9.17) is 4.74 Å². The molecule has 0 fully saturated rings. The number of aryl methyl sites for hydroxylation is 2. The first kappa shape index (κ1) is 13.0. The maximum Gasteiger partial charge on any atom is 0.213 e. The molecular weight excluding hydrogens is 292 g/mol. The molecule has 0 N–H and O–H groups in total. The van der Waals surface area contributed by atoms with Gasteiger partial charge in [0, 0.05) is 22.9 Å². The maximum absolute atomic E-state index is 5.62. The van der Waals surface area contributed by atoms with Crippen molar-refractivity contribution in [2.24, 2.45) is 0 Å². The van der Waals surface area contributed by atoms with E-state index in [0.29, 0.717) is 12.5 Å². The van der Waals surface area contributed by atoms with Gasteiger partial charge in [0.15, 0.2) is 0 Å². The van der Waals surface area contributed by atoms with Gasteiger partial charge in [-0.1, -0.05) is 0 Å². The molecule has 4 heteroatoms. The van der Waals surface area contributed by atoms with E-state index >= 15 is 0 Å². The third-order valence-corrected chi connectivity index (χ3v) is 3.44. The van der Waals surface area contributed by atoms with Gasteiger partial charge in [-0.2, -0.15) is 0 Å². The number of hydrogen-bond acceptors (Lipinski definition) is 3. The standard InChI is InChI=1S/C14H15BrN2O/c1-11-13(15)4-5-14(17-11)18-10-2-3-12-6-8-16-9-7-12/h4-9H,2-3,10H2,1H3. The molecule has 0 aliphatic heterocycles. The van der Waals surface area contributed by atoms with E-state index < -0.39 is 0 Å². The fraction of sp³-hybridized carbons (Fsp3) is 0.286. The molecule has 94 valence electrons. The van der Waals surface area contributed by atoms with Crippen molar-refractivity contribution in [3.8, 4) is 5.88 Å². The van der Waals surface area contributed by atoms with Crippen LogP contribution in [0.2, 0.25) is 0 Å². The number of pyridine rings is 2. The molecular formula is C14H15BrN2O. The minimum atomic E-state index is 0.677. The summed E-state index contributed by atoms with van der Waals surface area (Å²) in [5.74, 6) is 0.686. The normalized spacial score (nSPS) is 10.3. The number of halogens is 1.